The van der Waals surface area contributed by atoms with Gasteiger partial charge in [-0.1, -0.05) is 72.8 Å². The van der Waals surface area contributed by atoms with Gasteiger partial charge >= 0.3 is 0 Å². The molecule has 4 aromatic rings. The van der Waals surface area contributed by atoms with Crippen LogP contribution in [-0.2, 0) is 6.54 Å². The van der Waals surface area contributed by atoms with Gasteiger partial charge in [0.25, 0.3) is 5.91 Å². The van der Waals surface area contributed by atoms with Gasteiger partial charge in [-0.15, -0.1) is 0 Å². The number of anilines is 2. The van der Waals surface area contributed by atoms with Gasteiger partial charge in [0, 0.05) is 11.3 Å². The summed E-state index contributed by atoms with van der Waals surface area (Å²) in [6, 6.07) is 37.3. The minimum atomic E-state index is -0.0880. The van der Waals surface area contributed by atoms with E-state index in [0.717, 1.165) is 22.6 Å². The van der Waals surface area contributed by atoms with Crippen molar-refractivity contribution in [2.75, 3.05) is 9.80 Å². The van der Waals surface area contributed by atoms with Crippen molar-refractivity contribution in [1.82, 2.24) is 0 Å². The van der Waals surface area contributed by atoms with Crippen LogP contribution in [0.5, 0.6) is 0 Å². The number of fused-ring (bicyclic) bond motifs is 1. The Morgan fingerprint density at radius 2 is 1.16 bits per heavy atom. The molecule has 0 unspecified atom stereocenters. The second-order valence-corrected chi connectivity index (χ2v) is 7.30. The first kappa shape index (κ1) is 18.8. The van der Waals surface area contributed by atoms with Crippen LogP contribution in [0.2, 0.25) is 0 Å². The molecule has 1 heterocycles. The van der Waals surface area contributed by atoms with Crippen molar-refractivity contribution in [3.05, 3.63) is 126 Å². The second-order valence-electron chi connectivity index (χ2n) is 7.30. The van der Waals surface area contributed by atoms with Crippen LogP contribution in [0.4, 0.5) is 17.1 Å². The average Bonchev–Trinajstić information content (AvgIpc) is 2.95. The number of amides is 1. The number of hydrogen-bond donors (Lipinski definition) is 0. The third kappa shape index (κ3) is 3.71. The Bertz CT molecular complexity index is 1220. The highest BCUT2D eigenvalue weighted by molar-refractivity contribution is 6.27. The molecule has 4 nitrogen and oxygen atoms in total. The lowest BCUT2D eigenvalue weighted by Crippen LogP contribution is -2.45. The Labute approximate surface area is 181 Å². The molecule has 4 aromatic carbocycles. The first-order valence-electron chi connectivity index (χ1n) is 10.2. The summed E-state index contributed by atoms with van der Waals surface area (Å²) in [6.45, 7) is 0.543. The molecule has 1 amide bonds. The molecule has 0 saturated heterocycles. The first-order valence-corrected chi connectivity index (χ1v) is 10.2. The van der Waals surface area contributed by atoms with E-state index < -0.39 is 0 Å². The molecule has 0 aliphatic carbocycles. The highest BCUT2D eigenvalue weighted by Crippen LogP contribution is 2.30. The second kappa shape index (κ2) is 8.28. The van der Waals surface area contributed by atoms with Crippen LogP contribution in [0, 0.1) is 0 Å². The third-order valence-electron chi connectivity index (χ3n) is 5.29. The van der Waals surface area contributed by atoms with E-state index in [1.165, 1.54) is 0 Å². The summed E-state index contributed by atoms with van der Waals surface area (Å²) in [5, 5.41) is 0. The normalized spacial score (nSPS) is 15.0. The van der Waals surface area contributed by atoms with Gasteiger partial charge in [-0.05, 0) is 48.0 Å². The van der Waals surface area contributed by atoms with E-state index in [2.05, 4.69) is 4.90 Å². The third-order valence-corrected chi connectivity index (χ3v) is 5.29. The topological polar surface area (TPSA) is 35.9 Å². The number of carbonyl (C=O) groups excluding carboxylic acids is 1. The number of carbonyl (C=O) groups is 1. The molecule has 150 valence electrons. The molecule has 1 aliphatic rings. The fourth-order valence-electron chi connectivity index (χ4n) is 3.79. The lowest BCUT2D eigenvalue weighted by Gasteiger charge is -2.30. The zero-order valence-electron chi connectivity index (χ0n) is 16.9. The van der Waals surface area contributed by atoms with Crippen LogP contribution in [0.25, 0.3) is 0 Å². The SMILES string of the molecule is O=C1c2ccccc2CN(c2ccccc2)C(=Nc2ccccc2)N1c1ccccc1. The van der Waals surface area contributed by atoms with Crippen molar-refractivity contribution in [3.8, 4) is 0 Å². The number of nitrogens with zero attached hydrogens (tertiary/aromatic N) is 3. The molecule has 1 aliphatic heterocycles. The van der Waals surface area contributed by atoms with E-state index >= 15 is 0 Å². The van der Waals surface area contributed by atoms with E-state index in [-0.39, 0.29) is 5.91 Å². The van der Waals surface area contributed by atoms with E-state index in [1.54, 1.807) is 4.90 Å². The molecular formula is C27H21N3O. The van der Waals surface area contributed by atoms with Crippen LogP contribution < -0.4 is 9.80 Å². The molecule has 0 radical (unpaired) electrons. The van der Waals surface area contributed by atoms with Crippen molar-refractivity contribution in [2.45, 2.75) is 6.54 Å². The molecule has 31 heavy (non-hydrogen) atoms. The zero-order valence-corrected chi connectivity index (χ0v) is 16.9. The molecular weight excluding hydrogens is 382 g/mol. The first-order chi connectivity index (χ1) is 15.3. The Morgan fingerprint density at radius 1 is 0.613 bits per heavy atom. The van der Waals surface area contributed by atoms with Crippen molar-refractivity contribution >= 4 is 28.9 Å². The molecule has 5 rings (SSSR count). The van der Waals surface area contributed by atoms with Crippen LogP contribution >= 0.6 is 0 Å². The summed E-state index contributed by atoms with van der Waals surface area (Å²) >= 11 is 0. The molecule has 0 fully saturated rings. The number of guanidine groups is 1. The maximum atomic E-state index is 13.8. The Morgan fingerprint density at radius 3 is 1.84 bits per heavy atom. The van der Waals surface area contributed by atoms with E-state index in [9.17, 15) is 4.79 Å². The zero-order chi connectivity index (χ0) is 21.0. The largest absolute Gasteiger partial charge is 0.307 e. The van der Waals surface area contributed by atoms with Gasteiger partial charge in [0.1, 0.15) is 0 Å². The van der Waals surface area contributed by atoms with Crippen LogP contribution in [0.3, 0.4) is 0 Å². The molecule has 0 N–H and O–H groups in total. The Hall–Kier alpha value is -4.18. The quantitative estimate of drug-likeness (QED) is 0.418. The molecule has 0 aromatic heterocycles. The summed E-state index contributed by atoms with van der Waals surface area (Å²) in [4.78, 5) is 22.6. The number of rotatable bonds is 3. The van der Waals surface area contributed by atoms with Crippen molar-refractivity contribution in [2.24, 2.45) is 4.99 Å². The van der Waals surface area contributed by atoms with E-state index in [1.807, 2.05) is 115 Å². The summed E-state index contributed by atoms with van der Waals surface area (Å²) < 4.78 is 0. The number of para-hydroxylation sites is 3. The van der Waals surface area contributed by atoms with Gasteiger partial charge in [0.2, 0.25) is 5.96 Å². The van der Waals surface area contributed by atoms with Crippen LogP contribution in [0.1, 0.15) is 15.9 Å². The van der Waals surface area contributed by atoms with Crippen molar-refractivity contribution in [3.63, 3.8) is 0 Å². The maximum Gasteiger partial charge on any atom is 0.265 e. The van der Waals surface area contributed by atoms with Gasteiger partial charge in [-0.25, -0.2) is 9.89 Å². The number of aliphatic imine (C=N–C) groups is 1. The van der Waals surface area contributed by atoms with Crippen LogP contribution in [0.15, 0.2) is 120 Å². The summed E-state index contributed by atoms with van der Waals surface area (Å²) in [5.41, 5.74) is 4.20. The van der Waals surface area contributed by atoms with Crippen molar-refractivity contribution in [1.29, 1.82) is 0 Å². The van der Waals surface area contributed by atoms with Crippen molar-refractivity contribution < 1.29 is 4.79 Å². The predicted octanol–water partition coefficient (Wildman–Crippen LogP) is 6.04. The standard InChI is InChI=1S/C27H21N3O/c31-26-25-19-11-10-12-21(25)20-29(23-15-6-2-7-16-23)27(28-22-13-4-1-5-14-22)30(26)24-17-8-3-9-18-24/h1-19H,20H2. The Balaban J connectivity index is 1.78. The minimum absolute atomic E-state index is 0.0880. The number of benzene rings is 4. The fourth-order valence-corrected chi connectivity index (χ4v) is 3.79. The average molecular weight is 403 g/mol. The Kier molecular flexibility index (Phi) is 5.03. The summed E-state index contributed by atoms with van der Waals surface area (Å²) in [5.74, 6) is 0.486. The molecule has 4 heteroatoms. The highest BCUT2D eigenvalue weighted by Gasteiger charge is 2.33. The summed E-state index contributed by atoms with van der Waals surface area (Å²) in [6.07, 6.45) is 0. The minimum Gasteiger partial charge on any atom is -0.307 e. The molecule has 0 saturated carbocycles. The van der Waals surface area contributed by atoms with Gasteiger partial charge in [-0.3, -0.25) is 4.79 Å². The summed E-state index contributed by atoms with van der Waals surface area (Å²) in [7, 11) is 0. The van der Waals surface area contributed by atoms with E-state index in [0.29, 0.717) is 18.1 Å². The van der Waals surface area contributed by atoms with Crippen LogP contribution in [-0.4, -0.2) is 11.9 Å². The van der Waals surface area contributed by atoms with Gasteiger partial charge in [0.15, 0.2) is 0 Å². The van der Waals surface area contributed by atoms with Gasteiger partial charge in [-0.2, -0.15) is 0 Å². The highest BCUT2D eigenvalue weighted by atomic mass is 16.2. The molecule has 0 bridgehead atoms. The predicted molar refractivity (Wildman–Crippen MR) is 126 cm³/mol. The smallest absolute Gasteiger partial charge is 0.265 e. The fraction of sp³-hybridized carbons (Fsp3) is 0.0370. The lowest BCUT2D eigenvalue weighted by atomic mass is 10.1. The van der Waals surface area contributed by atoms with E-state index in [4.69, 9.17) is 4.99 Å². The van der Waals surface area contributed by atoms with Gasteiger partial charge < -0.3 is 4.90 Å². The lowest BCUT2D eigenvalue weighted by molar-refractivity contribution is 0.100. The maximum absolute atomic E-state index is 13.8. The molecule has 0 spiro atoms. The molecule has 0 atom stereocenters. The monoisotopic (exact) mass is 403 g/mol. The number of hydrogen-bond acceptors (Lipinski definition) is 2. The van der Waals surface area contributed by atoms with Gasteiger partial charge in [0.05, 0.1) is 17.9 Å².